The lowest BCUT2D eigenvalue weighted by molar-refractivity contribution is 0.0600. The van der Waals surface area contributed by atoms with E-state index in [1.807, 2.05) is 18.2 Å². The van der Waals surface area contributed by atoms with Crippen LogP contribution < -0.4 is 0 Å². The predicted octanol–water partition coefficient (Wildman–Crippen LogP) is 2.79. The molecule has 1 radical (unpaired) electrons. The number of rotatable bonds is 4. The highest BCUT2D eigenvalue weighted by Crippen LogP contribution is 2.23. The van der Waals surface area contributed by atoms with Crippen LogP contribution in [0.3, 0.4) is 0 Å². The van der Waals surface area contributed by atoms with Crippen LogP contribution in [0.2, 0.25) is 0 Å². The molecule has 0 fully saturated rings. The van der Waals surface area contributed by atoms with E-state index in [4.69, 9.17) is 4.74 Å². The predicted molar refractivity (Wildman–Crippen MR) is 76.8 cm³/mol. The highest BCUT2D eigenvalue weighted by atomic mass is 16.5. The van der Waals surface area contributed by atoms with Crippen molar-refractivity contribution in [1.29, 1.82) is 0 Å². The van der Waals surface area contributed by atoms with Crippen molar-refractivity contribution in [2.75, 3.05) is 26.7 Å². The second-order valence-corrected chi connectivity index (χ2v) is 5.18. The average molecular weight is 258 g/mol. The van der Waals surface area contributed by atoms with Gasteiger partial charge in [0.25, 0.3) is 0 Å². The first-order chi connectivity index (χ1) is 9.10. The van der Waals surface area contributed by atoms with E-state index in [-0.39, 0.29) is 5.97 Å². The Morgan fingerprint density at radius 2 is 2.16 bits per heavy atom. The van der Waals surface area contributed by atoms with Crippen molar-refractivity contribution in [2.24, 2.45) is 0 Å². The largest absolute Gasteiger partial charge is 0.465 e. The smallest absolute Gasteiger partial charge is 0.337 e. The second-order valence-electron chi connectivity index (χ2n) is 5.18. The molecule has 0 unspecified atom stereocenters. The number of carbonyl (C=O) groups excluding carboxylic acids is 1. The molecule has 19 heavy (non-hydrogen) atoms. The van der Waals surface area contributed by atoms with Gasteiger partial charge in [0.1, 0.15) is 0 Å². The molecule has 0 bridgehead atoms. The van der Waals surface area contributed by atoms with Crippen LogP contribution in [0.4, 0.5) is 0 Å². The van der Waals surface area contributed by atoms with Gasteiger partial charge in [-0.3, -0.25) is 4.90 Å². The van der Waals surface area contributed by atoms with Crippen molar-refractivity contribution in [1.82, 2.24) is 4.90 Å². The first kappa shape index (κ1) is 13.8. The van der Waals surface area contributed by atoms with Gasteiger partial charge in [0.15, 0.2) is 0 Å². The summed E-state index contributed by atoms with van der Waals surface area (Å²) in [6, 6.07) is 7.64. The van der Waals surface area contributed by atoms with Gasteiger partial charge in [0.2, 0.25) is 0 Å². The zero-order valence-corrected chi connectivity index (χ0v) is 11.8. The minimum Gasteiger partial charge on any atom is -0.465 e. The van der Waals surface area contributed by atoms with Crippen LogP contribution in [0.1, 0.15) is 29.8 Å². The monoisotopic (exact) mass is 258 g/mol. The molecule has 3 heteroatoms. The summed E-state index contributed by atoms with van der Waals surface area (Å²) in [5.74, 6) is 1.13. The van der Waals surface area contributed by atoms with Gasteiger partial charge in [-0.2, -0.15) is 0 Å². The molecule has 1 heterocycles. The van der Waals surface area contributed by atoms with Gasteiger partial charge in [-0.1, -0.05) is 32.1 Å². The molecule has 1 aromatic rings. The summed E-state index contributed by atoms with van der Waals surface area (Å²) in [5.41, 5.74) is 3.00. The van der Waals surface area contributed by atoms with Gasteiger partial charge < -0.3 is 4.74 Å². The summed E-state index contributed by atoms with van der Waals surface area (Å²) in [7, 11) is 1.41. The molecule has 0 saturated carbocycles. The van der Waals surface area contributed by atoms with Gasteiger partial charge in [-0.05, 0) is 29.2 Å². The van der Waals surface area contributed by atoms with Crippen molar-refractivity contribution in [3.05, 3.63) is 47.4 Å². The van der Waals surface area contributed by atoms with Crippen molar-refractivity contribution in [3.8, 4) is 0 Å². The molecule has 0 spiro atoms. The highest BCUT2D eigenvalue weighted by molar-refractivity contribution is 5.90. The van der Waals surface area contributed by atoms with Gasteiger partial charge in [0, 0.05) is 19.6 Å². The zero-order chi connectivity index (χ0) is 13.8. The maximum Gasteiger partial charge on any atom is 0.337 e. The van der Waals surface area contributed by atoms with Gasteiger partial charge >= 0.3 is 5.97 Å². The van der Waals surface area contributed by atoms with Crippen LogP contribution >= 0.6 is 0 Å². The molecule has 3 nitrogen and oxygen atoms in total. The van der Waals surface area contributed by atoms with Crippen molar-refractivity contribution >= 4 is 11.5 Å². The van der Waals surface area contributed by atoms with Crippen molar-refractivity contribution in [3.63, 3.8) is 0 Å². The number of nitrogens with zero attached hydrogens (tertiary/aromatic N) is 1. The molecule has 0 saturated heterocycles. The Morgan fingerprint density at radius 3 is 2.84 bits per heavy atom. The van der Waals surface area contributed by atoms with E-state index in [1.165, 1.54) is 18.6 Å². The summed E-state index contributed by atoms with van der Waals surface area (Å²) >= 11 is 0. The second kappa shape index (κ2) is 6.02. The Balaban J connectivity index is 2.09. The third-order valence-electron chi connectivity index (χ3n) is 3.18. The maximum absolute atomic E-state index is 11.5. The molecular formula is C16H20NO2. The molecule has 101 valence electrons. The lowest BCUT2D eigenvalue weighted by atomic mass is 10.0. The normalized spacial score (nSPS) is 15.7. The first-order valence-electron chi connectivity index (χ1n) is 6.49. The summed E-state index contributed by atoms with van der Waals surface area (Å²) in [5, 5.41) is 0. The van der Waals surface area contributed by atoms with Crippen LogP contribution in [-0.4, -0.2) is 37.6 Å². The van der Waals surface area contributed by atoms with E-state index in [1.54, 1.807) is 6.07 Å². The summed E-state index contributed by atoms with van der Waals surface area (Å²) in [4.78, 5) is 13.9. The van der Waals surface area contributed by atoms with Crippen LogP contribution in [0.25, 0.3) is 5.57 Å². The number of hydrogen-bond donors (Lipinski definition) is 0. The fraction of sp³-hybridized carbons (Fsp3) is 0.375. The molecule has 0 amide bonds. The first-order valence-corrected chi connectivity index (χ1v) is 6.49. The third kappa shape index (κ3) is 3.44. The lowest BCUT2D eigenvalue weighted by Crippen LogP contribution is -2.24. The Kier molecular flexibility index (Phi) is 4.38. The molecular weight excluding hydrogens is 238 g/mol. The lowest BCUT2D eigenvalue weighted by Gasteiger charge is -2.18. The van der Waals surface area contributed by atoms with Crippen LogP contribution in [0.15, 0.2) is 30.3 Å². The molecule has 0 aromatic heterocycles. The number of benzene rings is 1. The minimum atomic E-state index is -0.282. The Bertz CT molecular complexity index is 491. The number of esters is 1. The number of ether oxygens (including phenoxy) is 1. The van der Waals surface area contributed by atoms with E-state index >= 15 is 0 Å². The zero-order valence-electron chi connectivity index (χ0n) is 11.8. The van der Waals surface area contributed by atoms with Crippen LogP contribution in [-0.2, 0) is 4.74 Å². The third-order valence-corrected chi connectivity index (χ3v) is 3.18. The van der Waals surface area contributed by atoms with E-state index in [0.717, 1.165) is 25.2 Å². The number of carbonyl (C=O) groups is 1. The SMILES string of the molecule is COC(=O)c1cccc(C2=CCN(C[C](C)C)C2)c1. The number of hydrogen-bond acceptors (Lipinski definition) is 3. The molecule has 1 aliphatic heterocycles. The van der Waals surface area contributed by atoms with Crippen molar-refractivity contribution in [2.45, 2.75) is 13.8 Å². The van der Waals surface area contributed by atoms with Gasteiger partial charge in [0.05, 0.1) is 12.7 Å². The fourth-order valence-electron chi connectivity index (χ4n) is 2.35. The molecule has 1 aliphatic rings. The van der Waals surface area contributed by atoms with Crippen LogP contribution in [0, 0.1) is 5.92 Å². The Hall–Kier alpha value is -1.61. The quantitative estimate of drug-likeness (QED) is 0.778. The van der Waals surface area contributed by atoms with E-state index < -0.39 is 0 Å². The number of methoxy groups -OCH3 is 1. The molecule has 1 aromatic carbocycles. The Morgan fingerprint density at radius 1 is 1.37 bits per heavy atom. The molecule has 0 atom stereocenters. The summed E-state index contributed by atoms with van der Waals surface area (Å²) in [6.07, 6.45) is 2.24. The van der Waals surface area contributed by atoms with Gasteiger partial charge in [-0.15, -0.1) is 0 Å². The minimum absolute atomic E-state index is 0.282. The van der Waals surface area contributed by atoms with E-state index in [9.17, 15) is 4.79 Å². The topological polar surface area (TPSA) is 29.5 Å². The van der Waals surface area contributed by atoms with Crippen LogP contribution in [0.5, 0.6) is 0 Å². The summed E-state index contributed by atoms with van der Waals surface area (Å²) in [6.45, 7) is 7.24. The highest BCUT2D eigenvalue weighted by Gasteiger charge is 2.17. The van der Waals surface area contributed by atoms with Crippen molar-refractivity contribution < 1.29 is 9.53 Å². The van der Waals surface area contributed by atoms with Gasteiger partial charge in [-0.25, -0.2) is 4.79 Å². The Labute approximate surface area is 114 Å². The summed E-state index contributed by atoms with van der Waals surface area (Å²) < 4.78 is 4.76. The van der Waals surface area contributed by atoms with E-state index in [0.29, 0.717) is 5.56 Å². The molecule has 2 rings (SSSR count). The molecule has 0 N–H and O–H groups in total. The standard InChI is InChI=1S/C16H20NO2/c1-12(2)10-17-8-7-15(11-17)13-5-4-6-14(9-13)16(18)19-3/h4-7,9H,8,10-11H2,1-3H3. The fourth-order valence-corrected chi connectivity index (χ4v) is 2.35. The average Bonchev–Trinajstić information content (AvgIpc) is 2.85. The maximum atomic E-state index is 11.5. The molecule has 0 aliphatic carbocycles. The van der Waals surface area contributed by atoms with E-state index in [2.05, 4.69) is 24.8 Å².